The van der Waals surface area contributed by atoms with Crippen LogP contribution in [0.25, 0.3) is 10.9 Å². The number of nitrogens with one attached hydrogen (secondary N) is 2. The number of anilines is 2. The SMILES string of the molecule is Cc1cccc(C(=N)c2cccc3nn(C)cc23)c1Nc1ccc(F)nc1. The molecule has 0 radical (unpaired) electrons. The monoisotopic (exact) mass is 359 g/mol. The molecule has 0 saturated heterocycles. The zero-order valence-corrected chi connectivity index (χ0v) is 15.0. The minimum atomic E-state index is -0.526. The number of nitrogens with zero attached hydrogens (tertiary/aromatic N) is 3. The molecule has 2 aromatic heterocycles. The highest BCUT2D eigenvalue weighted by Gasteiger charge is 2.16. The van der Waals surface area contributed by atoms with Gasteiger partial charge in [-0.25, -0.2) is 4.98 Å². The van der Waals surface area contributed by atoms with Crippen molar-refractivity contribution in [3.63, 3.8) is 0 Å². The first-order chi connectivity index (χ1) is 13.0. The summed E-state index contributed by atoms with van der Waals surface area (Å²) in [5.41, 5.74) is 5.28. The fourth-order valence-corrected chi connectivity index (χ4v) is 3.16. The summed E-state index contributed by atoms with van der Waals surface area (Å²) >= 11 is 0. The molecule has 0 unspecified atom stereocenters. The minimum Gasteiger partial charge on any atom is -0.353 e. The van der Waals surface area contributed by atoms with Crippen LogP contribution in [0.15, 0.2) is 60.9 Å². The molecule has 0 aliphatic carbocycles. The molecule has 0 bridgehead atoms. The van der Waals surface area contributed by atoms with Crippen molar-refractivity contribution in [3.8, 4) is 0 Å². The van der Waals surface area contributed by atoms with E-state index in [-0.39, 0.29) is 0 Å². The lowest BCUT2D eigenvalue weighted by Crippen LogP contribution is -2.07. The topological polar surface area (TPSA) is 66.6 Å². The number of benzene rings is 2. The van der Waals surface area contributed by atoms with E-state index in [2.05, 4.69) is 15.4 Å². The lowest BCUT2D eigenvalue weighted by atomic mass is 9.96. The van der Waals surface area contributed by atoms with Crippen LogP contribution in [-0.2, 0) is 7.05 Å². The van der Waals surface area contributed by atoms with E-state index in [0.29, 0.717) is 11.4 Å². The molecule has 0 aliphatic heterocycles. The van der Waals surface area contributed by atoms with Crippen LogP contribution in [0.2, 0.25) is 0 Å². The molecule has 2 N–H and O–H groups in total. The van der Waals surface area contributed by atoms with Crippen molar-refractivity contribution < 1.29 is 4.39 Å². The fraction of sp³-hybridized carbons (Fsp3) is 0.0952. The van der Waals surface area contributed by atoms with Crippen LogP contribution in [0.5, 0.6) is 0 Å². The van der Waals surface area contributed by atoms with Crippen molar-refractivity contribution in [2.45, 2.75) is 6.92 Å². The average molecular weight is 359 g/mol. The number of para-hydroxylation sites is 1. The maximum atomic E-state index is 13.1. The Morgan fingerprint density at radius 1 is 1.07 bits per heavy atom. The van der Waals surface area contributed by atoms with E-state index < -0.39 is 5.95 Å². The molecule has 4 rings (SSSR count). The molecule has 2 aromatic carbocycles. The van der Waals surface area contributed by atoms with E-state index in [1.54, 1.807) is 10.7 Å². The predicted molar refractivity (Wildman–Crippen MR) is 105 cm³/mol. The van der Waals surface area contributed by atoms with Gasteiger partial charge in [0.1, 0.15) is 0 Å². The molecule has 27 heavy (non-hydrogen) atoms. The molecule has 134 valence electrons. The van der Waals surface area contributed by atoms with E-state index in [0.717, 1.165) is 33.3 Å². The quantitative estimate of drug-likeness (QED) is 0.414. The average Bonchev–Trinajstić information content (AvgIpc) is 3.04. The van der Waals surface area contributed by atoms with Gasteiger partial charge >= 0.3 is 0 Å². The van der Waals surface area contributed by atoms with Gasteiger partial charge in [-0.05, 0) is 30.7 Å². The van der Waals surface area contributed by atoms with Gasteiger partial charge < -0.3 is 5.32 Å². The Balaban J connectivity index is 1.80. The van der Waals surface area contributed by atoms with Gasteiger partial charge in [-0.3, -0.25) is 10.1 Å². The summed E-state index contributed by atoms with van der Waals surface area (Å²) in [6, 6.07) is 14.5. The molecule has 5 nitrogen and oxygen atoms in total. The smallest absolute Gasteiger partial charge is 0.212 e. The molecular weight excluding hydrogens is 341 g/mol. The number of aromatic nitrogens is 3. The van der Waals surface area contributed by atoms with Gasteiger partial charge in [0, 0.05) is 29.8 Å². The third-order valence-corrected chi connectivity index (χ3v) is 4.47. The van der Waals surface area contributed by atoms with E-state index in [9.17, 15) is 4.39 Å². The highest BCUT2D eigenvalue weighted by molar-refractivity contribution is 6.20. The molecule has 0 amide bonds. The maximum absolute atomic E-state index is 13.1. The van der Waals surface area contributed by atoms with Crippen LogP contribution in [0.1, 0.15) is 16.7 Å². The summed E-state index contributed by atoms with van der Waals surface area (Å²) in [6.07, 6.45) is 3.36. The van der Waals surface area contributed by atoms with Crippen molar-refractivity contribution in [2.75, 3.05) is 5.32 Å². The first kappa shape index (κ1) is 16.9. The summed E-state index contributed by atoms with van der Waals surface area (Å²) in [7, 11) is 1.87. The van der Waals surface area contributed by atoms with Crippen LogP contribution < -0.4 is 5.32 Å². The van der Waals surface area contributed by atoms with Gasteiger partial charge in [0.2, 0.25) is 5.95 Å². The van der Waals surface area contributed by atoms with Crippen LogP contribution >= 0.6 is 0 Å². The zero-order chi connectivity index (χ0) is 19.0. The number of hydrogen-bond acceptors (Lipinski definition) is 4. The second kappa shape index (κ2) is 6.64. The molecular formula is C21H18FN5. The van der Waals surface area contributed by atoms with Crippen LogP contribution in [0.4, 0.5) is 15.8 Å². The Labute approximate surface area is 156 Å². The molecule has 0 spiro atoms. The van der Waals surface area contributed by atoms with E-state index in [1.165, 1.54) is 12.3 Å². The Hall–Kier alpha value is -3.54. The van der Waals surface area contributed by atoms with E-state index >= 15 is 0 Å². The number of halogens is 1. The van der Waals surface area contributed by atoms with Crippen molar-refractivity contribution in [3.05, 3.63) is 83.6 Å². The third kappa shape index (κ3) is 3.17. The molecule has 4 aromatic rings. The Morgan fingerprint density at radius 3 is 2.63 bits per heavy atom. The summed E-state index contributed by atoms with van der Waals surface area (Å²) in [6.45, 7) is 1.97. The minimum absolute atomic E-state index is 0.398. The standard InChI is InChI=1S/C21H18FN5/c1-13-5-3-7-16(21(13)25-14-9-10-19(22)24-11-14)20(23)15-6-4-8-18-17(15)12-27(2)26-18/h3-12,23,25H,1-2H3. The second-order valence-electron chi connectivity index (χ2n) is 6.41. The number of rotatable bonds is 4. The summed E-state index contributed by atoms with van der Waals surface area (Å²) in [5.74, 6) is -0.526. The Bertz CT molecular complexity index is 1150. The lowest BCUT2D eigenvalue weighted by molar-refractivity contribution is 0.584. The highest BCUT2D eigenvalue weighted by atomic mass is 19.1. The van der Waals surface area contributed by atoms with Gasteiger partial charge in [-0.2, -0.15) is 9.49 Å². The number of pyridine rings is 1. The molecule has 0 fully saturated rings. The summed E-state index contributed by atoms with van der Waals surface area (Å²) < 4.78 is 14.9. The zero-order valence-electron chi connectivity index (χ0n) is 15.0. The molecule has 0 atom stereocenters. The van der Waals surface area contributed by atoms with Crippen molar-refractivity contribution in [1.82, 2.24) is 14.8 Å². The van der Waals surface area contributed by atoms with Crippen molar-refractivity contribution in [1.29, 1.82) is 5.41 Å². The first-order valence-electron chi connectivity index (χ1n) is 8.53. The molecule has 0 saturated carbocycles. The summed E-state index contributed by atoms with van der Waals surface area (Å²) in [5, 5.41) is 17.5. The van der Waals surface area contributed by atoms with Gasteiger partial charge in [-0.1, -0.05) is 30.3 Å². The molecule has 2 heterocycles. The summed E-state index contributed by atoms with van der Waals surface area (Å²) in [4.78, 5) is 3.69. The van der Waals surface area contributed by atoms with E-state index in [1.807, 2.05) is 56.6 Å². The van der Waals surface area contributed by atoms with Crippen molar-refractivity contribution in [2.24, 2.45) is 7.05 Å². The van der Waals surface area contributed by atoms with Crippen LogP contribution in [-0.4, -0.2) is 20.5 Å². The van der Waals surface area contributed by atoms with Gasteiger partial charge in [0.05, 0.1) is 28.8 Å². The number of fused-ring (bicyclic) bond motifs is 1. The highest BCUT2D eigenvalue weighted by Crippen LogP contribution is 2.29. The third-order valence-electron chi connectivity index (χ3n) is 4.47. The number of aryl methyl sites for hydroxylation is 2. The van der Waals surface area contributed by atoms with E-state index in [4.69, 9.17) is 5.41 Å². The molecule has 0 aliphatic rings. The number of hydrogen-bond donors (Lipinski definition) is 2. The van der Waals surface area contributed by atoms with Crippen LogP contribution in [0.3, 0.4) is 0 Å². The normalized spacial score (nSPS) is 10.9. The van der Waals surface area contributed by atoms with Gasteiger partial charge in [0.25, 0.3) is 0 Å². The predicted octanol–water partition coefficient (Wildman–Crippen LogP) is 4.58. The van der Waals surface area contributed by atoms with Gasteiger partial charge in [0.15, 0.2) is 0 Å². The fourth-order valence-electron chi connectivity index (χ4n) is 3.16. The van der Waals surface area contributed by atoms with Crippen molar-refractivity contribution >= 4 is 28.0 Å². The maximum Gasteiger partial charge on any atom is 0.212 e. The van der Waals surface area contributed by atoms with Crippen LogP contribution in [0, 0.1) is 18.3 Å². The first-order valence-corrected chi connectivity index (χ1v) is 8.53. The Morgan fingerprint density at radius 2 is 1.85 bits per heavy atom. The largest absolute Gasteiger partial charge is 0.353 e. The Kier molecular flexibility index (Phi) is 4.16. The van der Waals surface area contributed by atoms with Gasteiger partial charge in [-0.15, -0.1) is 0 Å². The molecule has 6 heteroatoms. The second-order valence-corrected chi connectivity index (χ2v) is 6.41. The lowest BCUT2D eigenvalue weighted by Gasteiger charge is -2.16.